The minimum atomic E-state index is 0.564. The molecule has 1 aliphatic rings. The summed E-state index contributed by atoms with van der Waals surface area (Å²) in [6.07, 6.45) is 1.08. The maximum absolute atomic E-state index is 8.95. The van der Waals surface area contributed by atoms with Crippen LogP contribution < -0.4 is 10.6 Å². The quantitative estimate of drug-likeness (QED) is 0.449. The number of nitrogens with zero attached hydrogens (tertiary/aromatic N) is 3. The number of morpholine rings is 1. The van der Waals surface area contributed by atoms with Gasteiger partial charge in [-0.2, -0.15) is 5.26 Å². The summed E-state index contributed by atoms with van der Waals surface area (Å²) in [5.74, 6) is 0.821. The molecule has 0 spiro atoms. The van der Waals surface area contributed by atoms with Crippen molar-refractivity contribution in [2.45, 2.75) is 19.9 Å². The highest BCUT2D eigenvalue weighted by molar-refractivity contribution is 5.79. The van der Waals surface area contributed by atoms with E-state index in [0.29, 0.717) is 12.1 Å². The van der Waals surface area contributed by atoms with Gasteiger partial charge in [-0.3, -0.25) is 4.90 Å². The molecule has 6 nitrogen and oxygen atoms in total. The van der Waals surface area contributed by atoms with Gasteiger partial charge in [-0.05, 0) is 37.6 Å². The first kappa shape index (κ1) is 18.2. The Balaban J connectivity index is 1.76. The average molecular weight is 329 g/mol. The van der Waals surface area contributed by atoms with Gasteiger partial charge in [0.25, 0.3) is 0 Å². The van der Waals surface area contributed by atoms with Gasteiger partial charge in [0.2, 0.25) is 0 Å². The van der Waals surface area contributed by atoms with Crippen molar-refractivity contribution < 1.29 is 4.74 Å². The molecular formula is C18H27N5O. The summed E-state index contributed by atoms with van der Waals surface area (Å²) in [4.78, 5) is 7.03. The fourth-order valence-corrected chi connectivity index (χ4v) is 2.59. The Morgan fingerprint density at radius 1 is 1.33 bits per heavy atom. The third-order valence-corrected chi connectivity index (χ3v) is 3.87. The topological polar surface area (TPSA) is 72.7 Å². The van der Waals surface area contributed by atoms with E-state index in [1.807, 2.05) is 24.3 Å². The molecular weight excluding hydrogens is 302 g/mol. The zero-order chi connectivity index (χ0) is 17.0. The maximum atomic E-state index is 8.95. The van der Waals surface area contributed by atoms with Crippen molar-refractivity contribution in [2.75, 3.05) is 45.9 Å². The maximum Gasteiger partial charge on any atom is 0.191 e. The van der Waals surface area contributed by atoms with Gasteiger partial charge < -0.3 is 15.4 Å². The lowest BCUT2D eigenvalue weighted by Crippen LogP contribution is -2.40. The van der Waals surface area contributed by atoms with Crippen LogP contribution >= 0.6 is 0 Å². The van der Waals surface area contributed by atoms with E-state index in [9.17, 15) is 0 Å². The molecule has 0 amide bonds. The molecule has 0 saturated carbocycles. The summed E-state index contributed by atoms with van der Waals surface area (Å²) in [6, 6.07) is 9.74. The van der Waals surface area contributed by atoms with Gasteiger partial charge in [0.15, 0.2) is 5.96 Å². The second kappa shape index (κ2) is 10.6. The van der Waals surface area contributed by atoms with Gasteiger partial charge in [-0.1, -0.05) is 12.1 Å². The highest BCUT2D eigenvalue weighted by atomic mass is 16.5. The molecule has 2 rings (SSSR count). The van der Waals surface area contributed by atoms with E-state index in [4.69, 9.17) is 10.00 Å². The van der Waals surface area contributed by atoms with Crippen molar-refractivity contribution in [1.82, 2.24) is 15.5 Å². The van der Waals surface area contributed by atoms with Crippen molar-refractivity contribution in [2.24, 2.45) is 4.99 Å². The van der Waals surface area contributed by atoms with Gasteiger partial charge in [0.05, 0.1) is 31.4 Å². The Hall–Kier alpha value is -2.10. The standard InChI is InChI=1S/C18H27N5O/c1-2-20-18(21-7-4-8-23-9-11-24-12-10-23)22-15-17-6-3-5-16(13-17)14-19/h3,5-6,13H,2,4,7-12,15H2,1H3,(H2,20,21,22). The summed E-state index contributed by atoms with van der Waals surface area (Å²) in [5, 5.41) is 15.6. The first-order valence-corrected chi connectivity index (χ1v) is 8.63. The number of aliphatic imine (C=N–C) groups is 1. The third kappa shape index (κ3) is 6.57. The zero-order valence-electron chi connectivity index (χ0n) is 14.4. The number of nitriles is 1. The van der Waals surface area contributed by atoms with Crippen LogP contribution in [0.1, 0.15) is 24.5 Å². The summed E-state index contributed by atoms with van der Waals surface area (Å²) in [7, 11) is 0. The van der Waals surface area contributed by atoms with Crippen molar-refractivity contribution in [3.05, 3.63) is 35.4 Å². The Labute approximate surface area is 144 Å². The summed E-state index contributed by atoms with van der Waals surface area (Å²) >= 11 is 0. The Kier molecular flexibility index (Phi) is 8.08. The molecule has 130 valence electrons. The van der Waals surface area contributed by atoms with E-state index in [2.05, 4.69) is 33.5 Å². The van der Waals surface area contributed by atoms with E-state index in [1.165, 1.54) is 0 Å². The van der Waals surface area contributed by atoms with Crippen LogP contribution in [-0.4, -0.2) is 56.8 Å². The van der Waals surface area contributed by atoms with Crippen LogP contribution in [0.3, 0.4) is 0 Å². The second-order valence-electron chi connectivity index (χ2n) is 5.74. The normalized spacial score (nSPS) is 15.8. The van der Waals surface area contributed by atoms with Gasteiger partial charge in [0, 0.05) is 26.2 Å². The minimum Gasteiger partial charge on any atom is -0.379 e. The summed E-state index contributed by atoms with van der Waals surface area (Å²) in [5.41, 5.74) is 1.71. The molecule has 1 aliphatic heterocycles. The number of rotatable bonds is 7. The van der Waals surface area contributed by atoms with Crippen LogP contribution in [0, 0.1) is 11.3 Å². The molecule has 24 heavy (non-hydrogen) atoms. The molecule has 6 heteroatoms. The fraction of sp³-hybridized carbons (Fsp3) is 0.556. The molecule has 1 heterocycles. The van der Waals surface area contributed by atoms with E-state index < -0.39 is 0 Å². The van der Waals surface area contributed by atoms with Crippen LogP contribution in [0.5, 0.6) is 0 Å². The van der Waals surface area contributed by atoms with Crippen LogP contribution in [0.25, 0.3) is 0 Å². The Morgan fingerprint density at radius 3 is 2.92 bits per heavy atom. The molecule has 0 bridgehead atoms. The molecule has 1 fully saturated rings. The van der Waals surface area contributed by atoms with Crippen LogP contribution in [0.15, 0.2) is 29.3 Å². The fourth-order valence-electron chi connectivity index (χ4n) is 2.59. The number of nitrogens with one attached hydrogen (secondary N) is 2. The van der Waals surface area contributed by atoms with Crippen LogP contribution in [0.2, 0.25) is 0 Å². The minimum absolute atomic E-state index is 0.564. The van der Waals surface area contributed by atoms with E-state index in [-0.39, 0.29) is 0 Å². The number of hydrogen-bond acceptors (Lipinski definition) is 4. The lowest BCUT2D eigenvalue weighted by Gasteiger charge is -2.26. The summed E-state index contributed by atoms with van der Waals surface area (Å²) < 4.78 is 5.36. The summed E-state index contributed by atoms with van der Waals surface area (Å²) in [6.45, 7) is 9.18. The van der Waals surface area contributed by atoms with Crippen molar-refractivity contribution in [3.8, 4) is 6.07 Å². The third-order valence-electron chi connectivity index (χ3n) is 3.87. The SMILES string of the molecule is CCNC(=NCc1cccc(C#N)c1)NCCCN1CCOCC1. The number of benzene rings is 1. The number of ether oxygens (including phenoxy) is 1. The highest BCUT2D eigenvalue weighted by Gasteiger charge is 2.09. The Morgan fingerprint density at radius 2 is 2.17 bits per heavy atom. The van der Waals surface area contributed by atoms with Gasteiger partial charge in [-0.15, -0.1) is 0 Å². The molecule has 2 N–H and O–H groups in total. The molecule has 1 aromatic rings. The lowest BCUT2D eigenvalue weighted by atomic mass is 10.1. The van der Waals surface area contributed by atoms with Gasteiger partial charge in [-0.25, -0.2) is 4.99 Å². The van der Waals surface area contributed by atoms with E-state index in [0.717, 1.165) is 63.9 Å². The van der Waals surface area contributed by atoms with Crippen molar-refractivity contribution in [3.63, 3.8) is 0 Å². The highest BCUT2D eigenvalue weighted by Crippen LogP contribution is 2.05. The largest absolute Gasteiger partial charge is 0.379 e. The molecule has 0 unspecified atom stereocenters. The monoisotopic (exact) mass is 329 g/mol. The van der Waals surface area contributed by atoms with Crippen molar-refractivity contribution >= 4 is 5.96 Å². The molecule has 1 saturated heterocycles. The second-order valence-corrected chi connectivity index (χ2v) is 5.74. The molecule has 0 radical (unpaired) electrons. The smallest absolute Gasteiger partial charge is 0.191 e. The average Bonchev–Trinajstić information content (AvgIpc) is 2.64. The molecule has 1 aromatic carbocycles. The predicted molar refractivity (Wildman–Crippen MR) is 95.9 cm³/mol. The number of hydrogen-bond donors (Lipinski definition) is 2. The molecule has 0 aliphatic carbocycles. The molecule has 0 aromatic heterocycles. The van der Waals surface area contributed by atoms with Crippen molar-refractivity contribution in [1.29, 1.82) is 5.26 Å². The van der Waals surface area contributed by atoms with Crippen LogP contribution in [-0.2, 0) is 11.3 Å². The lowest BCUT2D eigenvalue weighted by molar-refractivity contribution is 0.0376. The first-order valence-electron chi connectivity index (χ1n) is 8.63. The Bertz CT molecular complexity index is 561. The molecule has 0 atom stereocenters. The predicted octanol–water partition coefficient (Wildman–Crippen LogP) is 1.34. The van der Waals surface area contributed by atoms with Crippen LogP contribution in [0.4, 0.5) is 0 Å². The first-order chi connectivity index (χ1) is 11.8. The van der Waals surface area contributed by atoms with Gasteiger partial charge >= 0.3 is 0 Å². The van der Waals surface area contributed by atoms with E-state index >= 15 is 0 Å². The van der Waals surface area contributed by atoms with E-state index in [1.54, 1.807) is 0 Å². The van der Waals surface area contributed by atoms with Gasteiger partial charge in [0.1, 0.15) is 0 Å². The zero-order valence-corrected chi connectivity index (χ0v) is 14.4. The number of guanidine groups is 1.